The van der Waals surface area contributed by atoms with Crippen LogP contribution in [0.25, 0.3) is 16.7 Å². The van der Waals surface area contributed by atoms with Crippen molar-refractivity contribution in [3.8, 4) is 17.2 Å². The van der Waals surface area contributed by atoms with Crippen molar-refractivity contribution in [2.24, 2.45) is 0 Å². The summed E-state index contributed by atoms with van der Waals surface area (Å²) in [5, 5.41) is 7.62. The molecule has 9 heteroatoms. The van der Waals surface area contributed by atoms with Crippen molar-refractivity contribution in [3.05, 3.63) is 42.2 Å². The first kappa shape index (κ1) is 17.7. The second-order valence-corrected chi connectivity index (χ2v) is 7.91. The van der Waals surface area contributed by atoms with Crippen LogP contribution in [-0.4, -0.2) is 31.7 Å². The third-order valence-electron chi connectivity index (χ3n) is 4.46. The van der Waals surface area contributed by atoms with Gasteiger partial charge in [0.2, 0.25) is 12.7 Å². The highest BCUT2D eigenvalue weighted by molar-refractivity contribution is 7.10. The average molecular weight is 408 g/mol. The molecule has 1 aliphatic rings. The summed E-state index contributed by atoms with van der Waals surface area (Å²) in [6, 6.07) is 10.1. The van der Waals surface area contributed by atoms with Crippen LogP contribution >= 0.6 is 11.5 Å². The van der Waals surface area contributed by atoms with E-state index in [1.165, 1.54) is 11.5 Å². The topological polar surface area (TPSA) is 86.1 Å². The summed E-state index contributed by atoms with van der Waals surface area (Å²) in [6.07, 6.45) is 1.99. The first-order valence-electron chi connectivity index (χ1n) is 9.33. The maximum atomic E-state index is 5.53. The molecule has 0 atom stereocenters. The zero-order valence-electron chi connectivity index (χ0n) is 16.3. The number of nitrogens with zero attached hydrogens (tertiary/aromatic N) is 4. The molecule has 0 saturated carbocycles. The van der Waals surface area contributed by atoms with Gasteiger partial charge in [0.15, 0.2) is 17.3 Å². The van der Waals surface area contributed by atoms with Crippen LogP contribution in [-0.2, 0) is 0 Å². The smallest absolute Gasteiger partial charge is 0.231 e. The van der Waals surface area contributed by atoms with E-state index in [-0.39, 0.29) is 12.8 Å². The SMILES string of the molecule is Cc1cc(Nc2nc(NC(C)C)c3c(ccn3-c3ccc4c(c3)OCO4)n2)sn1. The summed E-state index contributed by atoms with van der Waals surface area (Å²) in [5.41, 5.74) is 3.67. The fourth-order valence-corrected chi connectivity index (χ4v) is 3.91. The molecule has 4 heterocycles. The highest BCUT2D eigenvalue weighted by Crippen LogP contribution is 2.35. The summed E-state index contributed by atoms with van der Waals surface area (Å²) in [6.45, 7) is 6.38. The van der Waals surface area contributed by atoms with Crippen molar-refractivity contribution in [1.82, 2.24) is 18.9 Å². The molecule has 148 valence electrons. The Hall–Kier alpha value is -3.33. The van der Waals surface area contributed by atoms with Gasteiger partial charge in [-0.2, -0.15) is 9.36 Å². The van der Waals surface area contributed by atoms with Crippen molar-refractivity contribution in [2.45, 2.75) is 26.8 Å². The molecule has 3 aromatic heterocycles. The Morgan fingerprint density at radius 3 is 2.76 bits per heavy atom. The normalized spacial score (nSPS) is 12.7. The van der Waals surface area contributed by atoms with Gasteiger partial charge in [0.05, 0.1) is 11.2 Å². The quantitative estimate of drug-likeness (QED) is 0.503. The number of aryl methyl sites for hydroxylation is 1. The van der Waals surface area contributed by atoms with Crippen molar-refractivity contribution < 1.29 is 9.47 Å². The Bertz CT molecular complexity index is 1200. The summed E-state index contributed by atoms with van der Waals surface area (Å²) < 4.78 is 17.3. The molecule has 0 unspecified atom stereocenters. The Balaban J connectivity index is 1.61. The number of hydrogen-bond acceptors (Lipinski definition) is 8. The van der Waals surface area contributed by atoms with Crippen LogP contribution < -0.4 is 20.1 Å². The van der Waals surface area contributed by atoms with Crippen LogP contribution in [0.4, 0.5) is 16.8 Å². The highest BCUT2D eigenvalue weighted by atomic mass is 32.1. The van der Waals surface area contributed by atoms with Crippen LogP contribution in [0.1, 0.15) is 19.5 Å². The lowest BCUT2D eigenvalue weighted by Gasteiger charge is -2.14. The Kier molecular flexibility index (Phi) is 4.24. The largest absolute Gasteiger partial charge is 0.454 e. The van der Waals surface area contributed by atoms with E-state index in [9.17, 15) is 0 Å². The van der Waals surface area contributed by atoms with Gasteiger partial charge in [-0.15, -0.1) is 0 Å². The maximum Gasteiger partial charge on any atom is 0.231 e. The molecule has 0 aliphatic carbocycles. The maximum absolute atomic E-state index is 5.53. The lowest BCUT2D eigenvalue weighted by Crippen LogP contribution is -2.13. The van der Waals surface area contributed by atoms with Crippen LogP contribution in [0.2, 0.25) is 0 Å². The second-order valence-electron chi connectivity index (χ2n) is 7.11. The molecule has 1 aromatic carbocycles. The number of nitrogens with one attached hydrogen (secondary N) is 2. The molecule has 29 heavy (non-hydrogen) atoms. The molecule has 0 bridgehead atoms. The molecule has 0 spiro atoms. The van der Waals surface area contributed by atoms with E-state index >= 15 is 0 Å². The lowest BCUT2D eigenvalue weighted by molar-refractivity contribution is 0.174. The molecular weight excluding hydrogens is 388 g/mol. The third kappa shape index (κ3) is 3.33. The van der Waals surface area contributed by atoms with Gasteiger partial charge >= 0.3 is 0 Å². The lowest BCUT2D eigenvalue weighted by atomic mass is 10.2. The number of benzene rings is 1. The van der Waals surface area contributed by atoms with Crippen LogP contribution in [0.3, 0.4) is 0 Å². The van der Waals surface area contributed by atoms with Crippen molar-refractivity contribution in [3.63, 3.8) is 0 Å². The summed E-state index contributed by atoms with van der Waals surface area (Å²) >= 11 is 1.39. The number of anilines is 3. The zero-order chi connectivity index (χ0) is 20.0. The fraction of sp³-hybridized carbons (Fsp3) is 0.250. The van der Waals surface area contributed by atoms with Gasteiger partial charge in [-0.25, -0.2) is 4.98 Å². The first-order valence-corrected chi connectivity index (χ1v) is 10.1. The zero-order valence-corrected chi connectivity index (χ0v) is 17.1. The van der Waals surface area contributed by atoms with E-state index in [4.69, 9.17) is 19.4 Å². The molecule has 0 amide bonds. The van der Waals surface area contributed by atoms with Gasteiger partial charge in [-0.05, 0) is 56.6 Å². The predicted molar refractivity (Wildman–Crippen MR) is 114 cm³/mol. The van der Waals surface area contributed by atoms with Crippen molar-refractivity contribution in [2.75, 3.05) is 17.4 Å². The molecule has 0 saturated heterocycles. The molecule has 0 radical (unpaired) electrons. The Morgan fingerprint density at radius 2 is 1.97 bits per heavy atom. The third-order valence-corrected chi connectivity index (χ3v) is 5.25. The van der Waals surface area contributed by atoms with Gasteiger partial charge in [0.1, 0.15) is 10.5 Å². The number of rotatable bonds is 5. The van der Waals surface area contributed by atoms with E-state index in [2.05, 4.69) is 33.4 Å². The van der Waals surface area contributed by atoms with Gasteiger partial charge in [0, 0.05) is 24.0 Å². The summed E-state index contributed by atoms with van der Waals surface area (Å²) in [5.74, 6) is 2.79. The molecule has 4 aromatic rings. The average Bonchev–Trinajstić information content (AvgIpc) is 3.40. The van der Waals surface area contributed by atoms with E-state index in [1.807, 2.05) is 43.5 Å². The predicted octanol–water partition coefficient (Wildman–Crippen LogP) is 4.48. The van der Waals surface area contributed by atoms with Crippen LogP contribution in [0.15, 0.2) is 36.5 Å². The van der Waals surface area contributed by atoms with Crippen molar-refractivity contribution in [1.29, 1.82) is 0 Å². The minimum absolute atomic E-state index is 0.215. The Labute approximate surface area is 171 Å². The molecule has 2 N–H and O–H groups in total. The fourth-order valence-electron chi connectivity index (χ4n) is 3.26. The van der Waals surface area contributed by atoms with E-state index in [0.717, 1.165) is 44.7 Å². The minimum Gasteiger partial charge on any atom is -0.454 e. The summed E-state index contributed by atoms with van der Waals surface area (Å²) in [4.78, 5) is 9.45. The molecular formula is C20H20N6O2S. The molecule has 0 fully saturated rings. The second kappa shape index (κ2) is 6.93. The van der Waals surface area contributed by atoms with Crippen LogP contribution in [0.5, 0.6) is 11.5 Å². The van der Waals surface area contributed by atoms with E-state index < -0.39 is 0 Å². The van der Waals surface area contributed by atoms with Crippen molar-refractivity contribution >= 4 is 39.3 Å². The first-order chi connectivity index (χ1) is 14.1. The Morgan fingerprint density at radius 1 is 1.10 bits per heavy atom. The van der Waals surface area contributed by atoms with E-state index in [1.54, 1.807) is 0 Å². The van der Waals surface area contributed by atoms with Gasteiger partial charge in [-0.1, -0.05) is 0 Å². The summed E-state index contributed by atoms with van der Waals surface area (Å²) in [7, 11) is 0. The highest BCUT2D eigenvalue weighted by Gasteiger charge is 2.18. The number of hydrogen-bond donors (Lipinski definition) is 2. The number of aromatic nitrogens is 4. The van der Waals surface area contributed by atoms with E-state index in [0.29, 0.717) is 5.95 Å². The number of ether oxygens (including phenoxy) is 2. The number of fused-ring (bicyclic) bond motifs is 2. The van der Waals surface area contributed by atoms with Gasteiger partial charge in [-0.3, -0.25) is 0 Å². The standard InChI is InChI=1S/C20H20N6O2S/c1-11(2)21-19-18-14(22-20(24-19)23-17-8-12(3)25-29-17)6-7-26(18)13-4-5-15-16(9-13)28-10-27-15/h4-9,11H,10H2,1-3H3,(H2,21,22,23,24). The van der Waals surface area contributed by atoms with Gasteiger partial charge in [0.25, 0.3) is 0 Å². The minimum atomic E-state index is 0.215. The van der Waals surface area contributed by atoms with Gasteiger partial charge < -0.3 is 24.7 Å². The molecule has 5 rings (SSSR count). The van der Waals surface area contributed by atoms with Crippen LogP contribution in [0, 0.1) is 6.92 Å². The monoisotopic (exact) mass is 408 g/mol. The molecule has 8 nitrogen and oxygen atoms in total. The molecule has 1 aliphatic heterocycles.